The molecule has 1 saturated heterocycles. The number of fused-ring (bicyclic) bond motifs is 5. The molecular formula is C10H14O3. The molecule has 72 valence electrons. The van der Waals surface area contributed by atoms with Crippen molar-refractivity contribution in [2.45, 2.75) is 25.4 Å². The number of carbonyl (C=O) groups is 1. The van der Waals surface area contributed by atoms with E-state index in [1.165, 1.54) is 0 Å². The van der Waals surface area contributed by atoms with Gasteiger partial charge >= 0.3 is 5.97 Å². The van der Waals surface area contributed by atoms with Crippen LogP contribution in [0.15, 0.2) is 0 Å². The number of hydrogen-bond acceptors (Lipinski definition) is 3. The summed E-state index contributed by atoms with van der Waals surface area (Å²) in [5.74, 6) is 1.96. The standard InChI is InChI=1S/C10H14O3/c11-9-2-5-1-7(9)8-4-13-10(12)3-6(5)8/h5-9,11H,1-4H2. The zero-order valence-corrected chi connectivity index (χ0v) is 7.48. The van der Waals surface area contributed by atoms with Crippen molar-refractivity contribution in [2.24, 2.45) is 23.7 Å². The Balaban J connectivity index is 1.84. The van der Waals surface area contributed by atoms with Gasteiger partial charge < -0.3 is 9.84 Å². The summed E-state index contributed by atoms with van der Waals surface area (Å²) < 4.78 is 5.04. The lowest BCUT2D eigenvalue weighted by Gasteiger charge is -2.36. The van der Waals surface area contributed by atoms with Crippen LogP contribution in [-0.4, -0.2) is 23.8 Å². The molecule has 0 spiro atoms. The monoisotopic (exact) mass is 182 g/mol. The van der Waals surface area contributed by atoms with Crippen LogP contribution in [0.5, 0.6) is 0 Å². The summed E-state index contributed by atoms with van der Waals surface area (Å²) in [6, 6.07) is 0. The molecule has 3 fully saturated rings. The van der Waals surface area contributed by atoms with Crippen LogP contribution in [0, 0.1) is 23.7 Å². The van der Waals surface area contributed by atoms with Crippen molar-refractivity contribution in [2.75, 3.05) is 6.61 Å². The third-order valence-corrected chi connectivity index (χ3v) is 4.16. The number of aliphatic hydroxyl groups is 1. The number of ether oxygens (including phenoxy) is 1. The Kier molecular flexibility index (Phi) is 1.48. The van der Waals surface area contributed by atoms with Gasteiger partial charge in [-0.25, -0.2) is 0 Å². The zero-order valence-electron chi connectivity index (χ0n) is 7.48. The fourth-order valence-electron chi connectivity index (χ4n) is 3.57. The summed E-state index contributed by atoms with van der Waals surface area (Å²) in [5.41, 5.74) is 0. The van der Waals surface area contributed by atoms with Crippen molar-refractivity contribution in [3.8, 4) is 0 Å². The SMILES string of the molecule is O=C1CC2C3CC(O)C(C3)C2CO1. The first-order valence-corrected chi connectivity index (χ1v) is 5.09. The normalized spacial score (nSPS) is 53.3. The van der Waals surface area contributed by atoms with Gasteiger partial charge in [-0.15, -0.1) is 0 Å². The molecule has 2 bridgehead atoms. The molecule has 0 amide bonds. The molecule has 3 rings (SSSR count). The van der Waals surface area contributed by atoms with Gasteiger partial charge in [0, 0.05) is 12.3 Å². The van der Waals surface area contributed by atoms with E-state index in [4.69, 9.17) is 4.74 Å². The first kappa shape index (κ1) is 7.80. The Morgan fingerprint density at radius 3 is 2.92 bits per heavy atom. The molecule has 2 saturated carbocycles. The first-order chi connectivity index (χ1) is 6.25. The molecule has 1 N–H and O–H groups in total. The van der Waals surface area contributed by atoms with E-state index in [0.717, 1.165) is 12.8 Å². The van der Waals surface area contributed by atoms with Crippen molar-refractivity contribution >= 4 is 5.97 Å². The van der Waals surface area contributed by atoms with Gasteiger partial charge in [-0.1, -0.05) is 0 Å². The Morgan fingerprint density at radius 2 is 2.08 bits per heavy atom. The minimum Gasteiger partial charge on any atom is -0.465 e. The van der Waals surface area contributed by atoms with E-state index in [0.29, 0.717) is 36.7 Å². The lowest BCUT2D eigenvalue weighted by atomic mass is 9.75. The molecule has 0 aromatic heterocycles. The van der Waals surface area contributed by atoms with Crippen molar-refractivity contribution in [1.29, 1.82) is 0 Å². The molecule has 0 aromatic carbocycles. The fourth-order valence-corrected chi connectivity index (χ4v) is 3.57. The van der Waals surface area contributed by atoms with Crippen molar-refractivity contribution < 1.29 is 14.6 Å². The van der Waals surface area contributed by atoms with Crippen molar-refractivity contribution in [3.63, 3.8) is 0 Å². The molecule has 1 aliphatic heterocycles. The van der Waals surface area contributed by atoms with Gasteiger partial charge in [-0.2, -0.15) is 0 Å². The van der Waals surface area contributed by atoms with Gasteiger partial charge in [-0.05, 0) is 30.6 Å². The highest BCUT2D eigenvalue weighted by molar-refractivity contribution is 5.70. The molecular weight excluding hydrogens is 168 g/mol. The zero-order chi connectivity index (χ0) is 9.00. The Hall–Kier alpha value is -0.570. The second-order valence-corrected chi connectivity index (χ2v) is 4.68. The number of cyclic esters (lactones) is 1. The average molecular weight is 182 g/mol. The van der Waals surface area contributed by atoms with E-state index >= 15 is 0 Å². The second-order valence-electron chi connectivity index (χ2n) is 4.68. The smallest absolute Gasteiger partial charge is 0.306 e. The predicted molar refractivity (Wildman–Crippen MR) is 44.8 cm³/mol. The number of esters is 1. The van der Waals surface area contributed by atoms with E-state index < -0.39 is 0 Å². The van der Waals surface area contributed by atoms with Crippen LogP contribution in [-0.2, 0) is 9.53 Å². The first-order valence-electron chi connectivity index (χ1n) is 5.09. The second kappa shape index (κ2) is 2.47. The lowest BCUT2D eigenvalue weighted by Crippen LogP contribution is -2.39. The summed E-state index contributed by atoms with van der Waals surface area (Å²) >= 11 is 0. The summed E-state index contributed by atoms with van der Waals surface area (Å²) in [6.07, 6.45) is 2.51. The van der Waals surface area contributed by atoms with Gasteiger partial charge in [0.2, 0.25) is 0 Å². The van der Waals surface area contributed by atoms with Crippen molar-refractivity contribution in [3.05, 3.63) is 0 Å². The molecule has 3 nitrogen and oxygen atoms in total. The van der Waals surface area contributed by atoms with Gasteiger partial charge in [0.25, 0.3) is 0 Å². The third kappa shape index (κ3) is 0.966. The van der Waals surface area contributed by atoms with Crippen LogP contribution in [0.4, 0.5) is 0 Å². The summed E-state index contributed by atoms with van der Waals surface area (Å²) in [5, 5.41) is 9.68. The van der Waals surface area contributed by atoms with Gasteiger partial charge in [0.1, 0.15) is 0 Å². The Bertz CT molecular complexity index is 251. The maximum Gasteiger partial charge on any atom is 0.306 e. The summed E-state index contributed by atoms with van der Waals surface area (Å²) in [4.78, 5) is 11.1. The molecule has 5 unspecified atom stereocenters. The predicted octanol–water partition coefficient (Wildman–Crippen LogP) is 0.566. The Morgan fingerprint density at radius 1 is 1.23 bits per heavy atom. The van der Waals surface area contributed by atoms with Gasteiger partial charge in [0.15, 0.2) is 0 Å². The molecule has 3 aliphatic rings. The van der Waals surface area contributed by atoms with Gasteiger partial charge in [-0.3, -0.25) is 4.79 Å². The lowest BCUT2D eigenvalue weighted by molar-refractivity contribution is -0.156. The quantitative estimate of drug-likeness (QED) is 0.557. The van der Waals surface area contributed by atoms with Crippen LogP contribution in [0.25, 0.3) is 0 Å². The summed E-state index contributed by atoms with van der Waals surface area (Å²) in [7, 11) is 0. The fraction of sp³-hybridized carbons (Fsp3) is 0.900. The summed E-state index contributed by atoms with van der Waals surface area (Å²) in [6.45, 7) is 0.557. The van der Waals surface area contributed by atoms with Gasteiger partial charge in [0.05, 0.1) is 12.7 Å². The number of aliphatic hydroxyl groups excluding tert-OH is 1. The molecule has 0 aromatic rings. The molecule has 1 heterocycles. The van der Waals surface area contributed by atoms with Crippen molar-refractivity contribution in [1.82, 2.24) is 0 Å². The molecule has 13 heavy (non-hydrogen) atoms. The molecule has 5 atom stereocenters. The molecule has 0 radical (unpaired) electrons. The third-order valence-electron chi connectivity index (χ3n) is 4.16. The maximum atomic E-state index is 11.1. The number of rotatable bonds is 0. The highest BCUT2D eigenvalue weighted by Gasteiger charge is 2.54. The van der Waals surface area contributed by atoms with E-state index in [1.54, 1.807) is 0 Å². The van der Waals surface area contributed by atoms with E-state index in [2.05, 4.69) is 0 Å². The van der Waals surface area contributed by atoms with E-state index in [1.807, 2.05) is 0 Å². The minimum atomic E-state index is -0.122. The number of hydrogen-bond donors (Lipinski definition) is 1. The highest BCUT2D eigenvalue weighted by atomic mass is 16.5. The minimum absolute atomic E-state index is 0.0386. The largest absolute Gasteiger partial charge is 0.465 e. The highest BCUT2D eigenvalue weighted by Crippen LogP contribution is 2.54. The van der Waals surface area contributed by atoms with E-state index in [-0.39, 0.29) is 12.1 Å². The molecule has 3 heteroatoms. The van der Waals surface area contributed by atoms with E-state index in [9.17, 15) is 9.90 Å². The van der Waals surface area contributed by atoms with Crippen LogP contribution in [0.1, 0.15) is 19.3 Å². The van der Waals surface area contributed by atoms with Crippen LogP contribution in [0.3, 0.4) is 0 Å². The molecule has 2 aliphatic carbocycles. The topological polar surface area (TPSA) is 46.5 Å². The Labute approximate surface area is 77.1 Å². The van der Waals surface area contributed by atoms with Crippen LogP contribution >= 0.6 is 0 Å². The number of carbonyl (C=O) groups excluding carboxylic acids is 1. The van der Waals surface area contributed by atoms with Crippen LogP contribution < -0.4 is 0 Å². The average Bonchev–Trinajstić information content (AvgIpc) is 2.61. The maximum absolute atomic E-state index is 11.1. The van der Waals surface area contributed by atoms with Crippen LogP contribution in [0.2, 0.25) is 0 Å².